The van der Waals surface area contributed by atoms with E-state index in [-0.39, 0.29) is 5.75 Å². The average molecular weight is 262 g/mol. The van der Waals surface area contributed by atoms with Gasteiger partial charge in [0.05, 0.1) is 6.42 Å². The van der Waals surface area contributed by atoms with Gasteiger partial charge in [-0.2, -0.15) is 4.98 Å². The van der Waals surface area contributed by atoms with Crippen LogP contribution in [0.25, 0.3) is 0 Å². The maximum absolute atomic E-state index is 9.22. The van der Waals surface area contributed by atoms with Crippen LogP contribution >= 0.6 is 0 Å². The molecule has 0 aliphatic heterocycles. The van der Waals surface area contributed by atoms with Crippen molar-refractivity contribution < 1.29 is 14.4 Å². The minimum atomic E-state index is -0.550. The van der Waals surface area contributed by atoms with Gasteiger partial charge in [0.1, 0.15) is 11.4 Å². The minimum Gasteiger partial charge on any atom is -0.508 e. The van der Waals surface area contributed by atoms with Gasteiger partial charge in [-0.1, -0.05) is 17.3 Å². The standard InChI is InChI=1S/C14H18N2O3/c1-4-18-14(2,3)13-15-12(19-16-13)9-10-5-7-11(17)8-6-10/h5-8,17H,4,9H2,1-3H3. The zero-order chi connectivity index (χ0) is 13.9. The predicted octanol–water partition coefficient (Wildman–Crippen LogP) is 2.64. The van der Waals surface area contributed by atoms with Gasteiger partial charge >= 0.3 is 0 Å². The van der Waals surface area contributed by atoms with E-state index in [1.165, 1.54) is 0 Å². The molecule has 0 radical (unpaired) electrons. The van der Waals surface area contributed by atoms with Gasteiger partial charge in [-0.05, 0) is 38.5 Å². The summed E-state index contributed by atoms with van der Waals surface area (Å²) >= 11 is 0. The highest BCUT2D eigenvalue weighted by Gasteiger charge is 2.27. The molecule has 2 aromatic rings. The van der Waals surface area contributed by atoms with Crippen LogP contribution in [0.1, 0.15) is 38.0 Å². The SMILES string of the molecule is CCOC(C)(C)c1noc(Cc2ccc(O)cc2)n1. The third-order valence-electron chi connectivity index (χ3n) is 2.80. The fraction of sp³-hybridized carbons (Fsp3) is 0.429. The van der Waals surface area contributed by atoms with Crippen LogP contribution in [-0.2, 0) is 16.8 Å². The first kappa shape index (κ1) is 13.5. The van der Waals surface area contributed by atoms with Crippen molar-refractivity contribution in [1.29, 1.82) is 0 Å². The maximum atomic E-state index is 9.22. The molecule has 2 rings (SSSR count). The second-order valence-electron chi connectivity index (χ2n) is 4.80. The van der Waals surface area contributed by atoms with Crippen molar-refractivity contribution in [2.75, 3.05) is 6.61 Å². The Morgan fingerprint density at radius 3 is 2.58 bits per heavy atom. The molecule has 0 spiro atoms. The molecule has 19 heavy (non-hydrogen) atoms. The second-order valence-corrected chi connectivity index (χ2v) is 4.80. The first-order valence-electron chi connectivity index (χ1n) is 6.26. The van der Waals surface area contributed by atoms with Crippen molar-refractivity contribution in [3.63, 3.8) is 0 Å². The summed E-state index contributed by atoms with van der Waals surface area (Å²) in [4.78, 5) is 4.35. The number of nitrogens with zero attached hydrogens (tertiary/aromatic N) is 2. The van der Waals surface area contributed by atoms with Crippen molar-refractivity contribution in [3.05, 3.63) is 41.5 Å². The van der Waals surface area contributed by atoms with Gasteiger partial charge < -0.3 is 14.4 Å². The maximum Gasteiger partial charge on any atom is 0.231 e. The Balaban J connectivity index is 2.11. The average Bonchev–Trinajstić information content (AvgIpc) is 2.81. The molecule has 0 atom stereocenters. The Morgan fingerprint density at radius 1 is 1.26 bits per heavy atom. The summed E-state index contributed by atoms with van der Waals surface area (Å²) in [6, 6.07) is 6.92. The van der Waals surface area contributed by atoms with Crippen molar-refractivity contribution in [2.24, 2.45) is 0 Å². The molecule has 5 nitrogen and oxygen atoms in total. The molecule has 0 bridgehead atoms. The van der Waals surface area contributed by atoms with Gasteiger partial charge in [-0.3, -0.25) is 0 Å². The fourth-order valence-corrected chi connectivity index (χ4v) is 1.79. The van der Waals surface area contributed by atoms with E-state index in [9.17, 15) is 5.11 Å². The molecule has 0 amide bonds. The van der Waals surface area contributed by atoms with E-state index in [4.69, 9.17) is 9.26 Å². The molecule has 102 valence electrons. The summed E-state index contributed by atoms with van der Waals surface area (Å²) in [7, 11) is 0. The highest BCUT2D eigenvalue weighted by atomic mass is 16.5. The van der Waals surface area contributed by atoms with E-state index in [0.29, 0.717) is 24.7 Å². The normalized spacial score (nSPS) is 11.7. The fourth-order valence-electron chi connectivity index (χ4n) is 1.79. The number of hydrogen-bond acceptors (Lipinski definition) is 5. The van der Waals surface area contributed by atoms with Crippen LogP contribution in [0.15, 0.2) is 28.8 Å². The molecule has 0 unspecified atom stereocenters. The molecule has 0 saturated carbocycles. The predicted molar refractivity (Wildman–Crippen MR) is 69.9 cm³/mol. The van der Waals surface area contributed by atoms with Crippen LogP contribution in [0.5, 0.6) is 5.75 Å². The Labute approximate surface area is 112 Å². The van der Waals surface area contributed by atoms with Crippen molar-refractivity contribution in [2.45, 2.75) is 32.8 Å². The van der Waals surface area contributed by atoms with Crippen LogP contribution in [0.4, 0.5) is 0 Å². The summed E-state index contributed by atoms with van der Waals surface area (Å²) in [6.45, 7) is 6.34. The van der Waals surface area contributed by atoms with Crippen LogP contribution in [-0.4, -0.2) is 21.9 Å². The van der Waals surface area contributed by atoms with Crippen LogP contribution in [0.3, 0.4) is 0 Å². The lowest BCUT2D eigenvalue weighted by atomic mass is 10.1. The number of rotatable bonds is 5. The summed E-state index contributed by atoms with van der Waals surface area (Å²) in [5.41, 5.74) is 0.452. The molecule has 0 aliphatic carbocycles. The van der Waals surface area contributed by atoms with Crippen LogP contribution < -0.4 is 0 Å². The van der Waals surface area contributed by atoms with Crippen LogP contribution in [0, 0.1) is 0 Å². The van der Waals surface area contributed by atoms with Crippen molar-refractivity contribution in [1.82, 2.24) is 10.1 Å². The summed E-state index contributed by atoms with van der Waals surface area (Å²) in [5, 5.41) is 13.2. The molecule has 5 heteroatoms. The van der Waals surface area contributed by atoms with Gasteiger partial charge in [0.25, 0.3) is 0 Å². The van der Waals surface area contributed by atoms with Crippen molar-refractivity contribution >= 4 is 0 Å². The van der Waals surface area contributed by atoms with Gasteiger partial charge in [-0.25, -0.2) is 0 Å². The molecule has 0 aliphatic rings. The molecular weight excluding hydrogens is 244 g/mol. The number of benzene rings is 1. The van der Waals surface area contributed by atoms with Gasteiger partial charge in [0, 0.05) is 6.61 Å². The molecule has 1 aromatic carbocycles. The van der Waals surface area contributed by atoms with E-state index in [1.807, 2.05) is 32.9 Å². The Hall–Kier alpha value is -1.88. The zero-order valence-electron chi connectivity index (χ0n) is 11.4. The van der Waals surface area contributed by atoms with E-state index in [2.05, 4.69) is 10.1 Å². The summed E-state index contributed by atoms with van der Waals surface area (Å²) in [6.07, 6.45) is 0.537. The van der Waals surface area contributed by atoms with Gasteiger partial charge in [-0.15, -0.1) is 0 Å². The Bertz CT molecular complexity index is 532. The third-order valence-corrected chi connectivity index (χ3v) is 2.80. The number of hydrogen-bond donors (Lipinski definition) is 1. The Kier molecular flexibility index (Phi) is 3.85. The van der Waals surface area contributed by atoms with Gasteiger partial charge in [0.2, 0.25) is 11.7 Å². The highest BCUT2D eigenvalue weighted by Crippen LogP contribution is 2.22. The molecule has 0 fully saturated rings. The van der Waals surface area contributed by atoms with E-state index < -0.39 is 5.60 Å². The highest BCUT2D eigenvalue weighted by molar-refractivity contribution is 5.27. The summed E-state index contributed by atoms with van der Waals surface area (Å²) in [5.74, 6) is 1.32. The van der Waals surface area contributed by atoms with E-state index >= 15 is 0 Å². The monoisotopic (exact) mass is 262 g/mol. The lowest BCUT2D eigenvalue weighted by Crippen LogP contribution is -2.23. The number of ether oxygens (including phenoxy) is 1. The zero-order valence-corrected chi connectivity index (χ0v) is 11.4. The molecule has 1 heterocycles. The Morgan fingerprint density at radius 2 is 1.95 bits per heavy atom. The molecular formula is C14H18N2O3. The number of aromatic hydroxyl groups is 1. The molecule has 1 aromatic heterocycles. The lowest BCUT2D eigenvalue weighted by molar-refractivity contribution is -0.0221. The number of phenols is 1. The van der Waals surface area contributed by atoms with Gasteiger partial charge in [0.15, 0.2) is 0 Å². The van der Waals surface area contributed by atoms with Crippen molar-refractivity contribution in [3.8, 4) is 5.75 Å². The third kappa shape index (κ3) is 3.32. The first-order valence-corrected chi connectivity index (χ1v) is 6.26. The summed E-state index contributed by atoms with van der Waals surface area (Å²) < 4.78 is 10.8. The number of phenolic OH excluding ortho intramolecular Hbond substituents is 1. The quantitative estimate of drug-likeness (QED) is 0.897. The smallest absolute Gasteiger partial charge is 0.231 e. The lowest BCUT2D eigenvalue weighted by Gasteiger charge is -2.19. The minimum absolute atomic E-state index is 0.243. The molecule has 0 saturated heterocycles. The van der Waals surface area contributed by atoms with E-state index in [1.54, 1.807) is 12.1 Å². The largest absolute Gasteiger partial charge is 0.508 e. The van der Waals surface area contributed by atoms with Crippen LogP contribution in [0.2, 0.25) is 0 Å². The topological polar surface area (TPSA) is 68.4 Å². The second kappa shape index (κ2) is 5.40. The van der Waals surface area contributed by atoms with E-state index in [0.717, 1.165) is 5.56 Å². The molecule has 1 N–H and O–H groups in total. The first-order chi connectivity index (χ1) is 9.01. The number of aromatic nitrogens is 2.